The zero-order chi connectivity index (χ0) is 29.8. The monoisotopic (exact) mass is 586 g/mol. The van der Waals surface area contributed by atoms with Crippen molar-refractivity contribution in [2.45, 2.75) is 84.2 Å². The van der Waals surface area contributed by atoms with Crippen LogP contribution in [0.1, 0.15) is 82.6 Å². The van der Waals surface area contributed by atoms with Gasteiger partial charge in [0.25, 0.3) is 5.91 Å². The maximum atomic E-state index is 14.5. The highest BCUT2D eigenvalue weighted by molar-refractivity contribution is 5.93. The van der Waals surface area contributed by atoms with Gasteiger partial charge in [-0.25, -0.2) is 9.97 Å². The molecule has 8 heteroatoms. The first-order chi connectivity index (χ1) is 20.8. The Hall–Kier alpha value is -2.71. The molecule has 6 unspecified atom stereocenters. The van der Waals surface area contributed by atoms with Crippen molar-refractivity contribution in [2.75, 3.05) is 49.5 Å². The van der Waals surface area contributed by atoms with Gasteiger partial charge in [-0.05, 0) is 104 Å². The number of hydrogen-bond donors (Lipinski definition) is 2. The van der Waals surface area contributed by atoms with E-state index in [4.69, 9.17) is 10.1 Å². The van der Waals surface area contributed by atoms with E-state index in [-0.39, 0.29) is 29.4 Å². The molecule has 8 nitrogen and oxygen atoms in total. The van der Waals surface area contributed by atoms with Crippen molar-refractivity contribution in [3.05, 3.63) is 42.2 Å². The van der Waals surface area contributed by atoms with Gasteiger partial charge in [0, 0.05) is 69.0 Å². The molecule has 4 aliphatic carbocycles. The molecule has 1 aromatic carbocycles. The summed E-state index contributed by atoms with van der Waals surface area (Å²) in [4.78, 5) is 31.0. The lowest BCUT2D eigenvalue weighted by atomic mass is 9.68. The third kappa shape index (κ3) is 5.12. The zero-order valence-electron chi connectivity index (χ0n) is 26.3. The van der Waals surface area contributed by atoms with Gasteiger partial charge in [0.15, 0.2) is 0 Å². The summed E-state index contributed by atoms with van der Waals surface area (Å²) in [6.07, 6.45) is 11.3. The summed E-state index contributed by atoms with van der Waals surface area (Å²) in [7, 11) is 0. The fraction of sp³-hybridized carbons (Fsp3) is 0.686. The number of aromatic nitrogens is 2. The molecule has 2 heterocycles. The molecule has 4 bridgehead atoms. The first-order valence-corrected chi connectivity index (χ1v) is 16.9. The van der Waals surface area contributed by atoms with Crippen molar-refractivity contribution >= 4 is 23.2 Å². The fourth-order valence-corrected chi connectivity index (χ4v) is 9.74. The molecule has 1 aromatic heterocycles. The Bertz CT molecular complexity index is 1310. The zero-order valence-corrected chi connectivity index (χ0v) is 26.3. The van der Waals surface area contributed by atoms with Gasteiger partial charge in [0.05, 0.1) is 0 Å². The van der Waals surface area contributed by atoms with E-state index in [0.717, 1.165) is 63.6 Å². The summed E-state index contributed by atoms with van der Waals surface area (Å²) in [5, 5.41) is 12.5. The SMILES string of the molecule is CC1(C)C2CCC1(C)C(N(C(=O)c1ccnc(Nc3ccc(N4CCN(CCCO)CC4)cc3)n1)C1CC3CCC1C3)C2. The number of carbonyl (C=O) groups is 1. The molecule has 5 aliphatic rings. The molecule has 7 rings (SSSR count). The topological polar surface area (TPSA) is 84.8 Å². The second-order valence-corrected chi connectivity index (χ2v) is 14.9. The number of hydrogen-bond acceptors (Lipinski definition) is 7. The summed E-state index contributed by atoms with van der Waals surface area (Å²) in [5.41, 5.74) is 3.05. The van der Waals surface area contributed by atoms with Crippen molar-refractivity contribution in [2.24, 2.45) is 28.6 Å². The maximum absolute atomic E-state index is 14.5. The molecular formula is C35H50N6O2. The second-order valence-electron chi connectivity index (χ2n) is 14.9. The number of nitrogens with zero attached hydrogens (tertiary/aromatic N) is 5. The maximum Gasteiger partial charge on any atom is 0.273 e. The molecule has 0 spiro atoms. The fourth-order valence-electron chi connectivity index (χ4n) is 9.74. The minimum Gasteiger partial charge on any atom is -0.396 e. The molecular weight excluding hydrogens is 536 g/mol. The van der Waals surface area contributed by atoms with Crippen molar-refractivity contribution in [1.29, 1.82) is 0 Å². The number of piperazine rings is 1. The van der Waals surface area contributed by atoms with Gasteiger partial charge in [-0.2, -0.15) is 0 Å². The summed E-state index contributed by atoms with van der Waals surface area (Å²) >= 11 is 0. The number of aliphatic hydroxyl groups is 1. The molecule has 2 aromatic rings. The van der Waals surface area contributed by atoms with Gasteiger partial charge in [-0.1, -0.05) is 27.2 Å². The van der Waals surface area contributed by atoms with Crippen LogP contribution in [0.15, 0.2) is 36.5 Å². The predicted molar refractivity (Wildman–Crippen MR) is 171 cm³/mol. The minimum atomic E-state index is 0.103. The van der Waals surface area contributed by atoms with Crippen LogP contribution in [-0.2, 0) is 0 Å². The van der Waals surface area contributed by atoms with Crippen molar-refractivity contribution in [3.8, 4) is 0 Å². The predicted octanol–water partition coefficient (Wildman–Crippen LogP) is 5.57. The summed E-state index contributed by atoms with van der Waals surface area (Å²) in [6.45, 7) is 12.6. The number of benzene rings is 1. The standard InChI is InChI=1S/C35H50N6O2/c1-34(2)26-11-13-35(34,3)31(23-26)41(30-22-24-5-6-25(30)21-24)32(43)29-12-14-36-33(38-29)37-27-7-9-28(10-8-27)40-18-16-39(17-19-40)15-4-20-42/h7-10,12,14,24-26,30-31,42H,4-6,11,13,15-23H2,1-3H3,(H,36,37,38). The first-order valence-electron chi connectivity index (χ1n) is 16.9. The van der Waals surface area contributed by atoms with Gasteiger partial charge >= 0.3 is 0 Å². The van der Waals surface area contributed by atoms with Gasteiger partial charge in [0.1, 0.15) is 5.69 Å². The molecule has 1 amide bonds. The molecule has 0 radical (unpaired) electrons. The number of fused-ring (bicyclic) bond motifs is 4. The molecule has 2 N–H and O–H groups in total. The number of rotatable bonds is 9. The molecule has 1 saturated heterocycles. The number of anilines is 3. The Morgan fingerprint density at radius 1 is 1.02 bits per heavy atom. The van der Waals surface area contributed by atoms with Gasteiger partial charge in [-0.3, -0.25) is 9.69 Å². The number of nitrogens with one attached hydrogen (secondary N) is 1. The highest BCUT2D eigenvalue weighted by atomic mass is 16.3. The average Bonchev–Trinajstić information content (AvgIpc) is 3.75. The van der Waals surface area contributed by atoms with E-state index in [1.165, 1.54) is 37.8 Å². The summed E-state index contributed by atoms with van der Waals surface area (Å²) in [5.74, 6) is 2.69. The lowest BCUT2D eigenvalue weighted by Gasteiger charge is -2.48. The van der Waals surface area contributed by atoms with Crippen LogP contribution in [0.3, 0.4) is 0 Å². The van der Waals surface area contributed by atoms with E-state index in [9.17, 15) is 4.79 Å². The lowest BCUT2D eigenvalue weighted by molar-refractivity contribution is 0.00518. The molecule has 1 aliphatic heterocycles. The second kappa shape index (κ2) is 11.3. The lowest BCUT2D eigenvalue weighted by Crippen LogP contribution is -2.55. The van der Waals surface area contributed by atoms with E-state index in [1.54, 1.807) is 6.20 Å². The number of carbonyl (C=O) groups excluding carboxylic acids is 1. The molecule has 43 heavy (non-hydrogen) atoms. The van der Waals surface area contributed by atoms with Crippen molar-refractivity contribution in [1.82, 2.24) is 19.8 Å². The number of aliphatic hydroxyl groups excluding tert-OH is 1. The Labute approximate surface area is 257 Å². The van der Waals surface area contributed by atoms with Crippen molar-refractivity contribution in [3.63, 3.8) is 0 Å². The molecule has 4 saturated carbocycles. The van der Waals surface area contributed by atoms with Gasteiger partial charge in [-0.15, -0.1) is 0 Å². The normalized spacial score (nSPS) is 32.8. The summed E-state index contributed by atoms with van der Waals surface area (Å²) < 4.78 is 0. The highest BCUT2D eigenvalue weighted by Crippen LogP contribution is 2.67. The van der Waals surface area contributed by atoms with E-state index >= 15 is 0 Å². The van der Waals surface area contributed by atoms with Crippen LogP contribution in [0.4, 0.5) is 17.3 Å². The van der Waals surface area contributed by atoms with Gasteiger partial charge < -0.3 is 20.2 Å². The van der Waals surface area contributed by atoms with E-state index in [2.05, 4.69) is 70.0 Å². The Morgan fingerprint density at radius 2 is 1.81 bits per heavy atom. The third-order valence-electron chi connectivity index (χ3n) is 12.7. The van der Waals surface area contributed by atoms with Crippen LogP contribution < -0.4 is 10.2 Å². The van der Waals surface area contributed by atoms with Crippen LogP contribution >= 0.6 is 0 Å². The van der Waals surface area contributed by atoms with E-state index in [0.29, 0.717) is 29.5 Å². The minimum absolute atomic E-state index is 0.103. The largest absolute Gasteiger partial charge is 0.396 e. The first kappa shape index (κ1) is 29.0. The average molecular weight is 587 g/mol. The van der Waals surface area contributed by atoms with Crippen LogP contribution in [0, 0.1) is 28.6 Å². The third-order valence-corrected chi connectivity index (χ3v) is 12.7. The van der Waals surface area contributed by atoms with Crippen molar-refractivity contribution < 1.29 is 9.90 Å². The van der Waals surface area contributed by atoms with Crippen LogP contribution in [0.2, 0.25) is 0 Å². The Balaban J connectivity index is 1.06. The van der Waals surface area contributed by atoms with Crippen LogP contribution in [0.25, 0.3) is 0 Å². The van der Waals surface area contributed by atoms with Crippen LogP contribution in [0.5, 0.6) is 0 Å². The van der Waals surface area contributed by atoms with E-state index < -0.39 is 0 Å². The quantitative estimate of drug-likeness (QED) is 0.397. The number of amides is 1. The smallest absolute Gasteiger partial charge is 0.273 e. The molecule has 6 atom stereocenters. The van der Waals surface area contributed by atoms with Gasteiger partial charge in [0.2, 0.25) is 5.95 Å². The van der Waals surface area contributed by atoms with E-state index in [1.807, 2.05) is 6.07 Å². The Kier molecular flexibility index (Phi) is 7.65. The Morgan fingerprint density at radius 3 is 2.44 bits per heavy atom. The summed E-state index contributed by atoms with van der Waals surface area (Å²) in [6, 6.07) is 10.9. The highest BCUT2D eigenvalue weighted by Gasteiger charge is 2.64. The molecule has 5 fully saturated rings. The van der Waals surface area contributed by atoms with Crippen LogP contribution in [-0.4, -0.2) is 82.2 Å². The molecule has 232 valence electrons.